The van der Waals surface area contributed by atoms with Crippen LogP contribution in [0.4, 0.5) is 4.79 Å². The summed E-state index contributed by atoms with van der Waals surface area (Å²) in [4.78, 5) is 35.1. The third-order valence-corrected chi connectivity index (χ3v) is 2.61. The molecule has 16 heavy (non-hydrogen) atoms. The largest absolute Gasteiger partial charge is 0.450 e. The number of hydrogen-bond acceptors (Lipinski definition) is 4. The number of amides is 1. The van der Waals surface area contributed by atoms with Gasteiger partial charge in [-0.1, -0.05) is 0 Å². The van der Waals surface area contributed by atoms with Crippen LogP contribution in [-0.2, 0) is 14.3 Å². The molecule has 1 saturated heterocycles. The lowest BCUT2D eigenvalue weighted by Gasteiger charge is -2.14. The Morgan fingerprint density at radius 1 is 1.50 bits per heavy atom. The van der Waals surface area contributed by atoms with Crippen LogP contribution < -0.4 is 0 Å². The van der Waals surface area contributed by atoms with E-state index in [9.17, 15) is 14.4 Å². The fourth-order valence-corrected chi connectivity index (χ4v) is 1.73. The minimum Gasteiger partial charge on any atom is -0.450 e. The summed E-state index contributed by atoms with van der Waals surface area (Å²) in [5.41, 5.74) is 0. The number of rotatable bonds is 4. The van der Waals surface area contributed by atoms with Gasteiger partial charge in [0.25, 0.3) is 0 Å². The van der Waals surface area contributed by atoms with Crippen molar-refractivity contribution in [1.29, 1.82) is 0 Å². The summed E-state index contributed by atoms with van der Waals surface area (Å²) >= 11 is 0. The molecule has 0 aliphatic carbocycles. The van der Waals surface area contributed by atoms with E-state index in [2.05, 4.69) is 0 Å². The van der Waals surface area contributed by atoms with Crippen LogP contribution in [0.3, 0.4) is 0 Å². The van der Waals surface area contributed by atoms with Gasteiger partial charge in [0.15, 0.2) is 5.78 Å². The molecule has 0 aromatic rings. The third-order valence-electron chi connectivity index (χ3n) is 2.61. The van der Waals surface area contributed by atoms with E-state index in [0.29, 0.717) is 26.0 Å². The lowest BCUT2D eigenvalue weighted by atomic mass is 10.0. The molecule has 0 aromatic heterocycles. The topological polar surface area (TPSA) is 63.7 Å². The average molecular weight is 227 g/mol. The van der Waals surface area contributed by atoms with Crippen molar-refractivity contribution in [3.05, 3.63) is 0 Å². The van der Waals surface area contributed by atoms with Crippen LogP contribution in [0.2, 0.25) is 0 Å². The normalized spacial score (nSPS) is 20.0. The minimum absolute atomic E-state index is 0.0225. The van der Waals surface area contributed by atoms with Crippen LogP contribution in [0.5, 0.6) is 0 Å². The summed E-state index contributed by atoms with van der Waals surface area (Å²) < 4.78 is 4.82. The van der Waals surface area contributed by atoms with Gasteiger partial charge in [-0.15, -0.1) is 0 Å². The first kappa shape index (κ1) is 12.7. The number of ether oxygens (including phenoxy) is 1. The van der Waals surface area contributed by atoms with E-state index >= 15 is 0 Å². The summed E-state index contributed by atoms with van der Waals surface area (Å²) in [6.07, 6.45) is 0.484. The fraction of sp³-hybridized carbons (Fsp3) is 0.727. The molecule has 0 bridgehead atoms. The Bertz CT molecular complexity index is 300. The van der Waals surface area contributed by atoms with Crippen molar-refractivity contribution in [2.75, 3.05) is 19.7 Å². The second-order valence-electron chi connectivity index (χ2n) is 3.98. The fourth-order valence-electron chi connectivity index (χ4n) is 1.73. The van der Waals surface area contributed by atoms with Crippen LogP contribution in [0.25, 0.3) is 0 Å². The number of ketones is 2. The monoisotopic (exact) mass is 227 g/mol. The Kier molecular flexibility index (Phi) is 4.46. The first-order valence-electron chi connectivity index (χ1n) is 5.48. The number of hydrogen-bond donors (Lipinski definition) is 0. The van der Waals surface area contributed by atoms with Crippen molar-refractivity contribution in [2.24, 2.45) is 5.92 Å². The standard InChI is InChI=1S/C11H17NO4/c1-3-16-11(15)12-6-9(10(14)7-12)5-4-8(2)13/h9H,3-7H2,1-2H3. The van der Waals surface area contributed by atoms with Crippen molar-refractivity contribution in [1.82, 2.24) is 4.90 Å². The lowest BCUT2D eigenvalue weighted by Crippen LogP contribution is -2.29. The van der Waals surface area contributed by atoms with E-state index in [0.717, 1.165) is 0 Å². The molecule has 1 aliphatic rings. The van der Waals surface area contributed by atoms with Gasteiger partial charge in [0.1, 0.15) is 5.78 Å². The first-order chi connectivity index (χ1) is 7.54. The van der Waals surface area contributed by atoms with E-state index in [1.807, 2.05) is 0 Å². The van der Waals surface area contributed by atoms with Crippen LogP contribution in [0.15, 0.2) is 0 Å². The highest BCUT2D eigenvalue weighted by Gasteiger charge is 2.33. The maximum Gasteiger partial charge on any atom is 0.410 e. The molecule has 1 fully saturated rings. The number of carbonyl (C=O) groups is 3. The van der Waals surface area contributed by atoms with Crippen molar-refractivity contribution < 1.29 is 19.1 Å². The third kappa shape index (κ3) is 3.32. The molecule has 1 heterocycles. The summed E-state index contributed by atoms with van der Waals surface area (Å²) in [5, 5.41) is 0. The van der Waals surface area contributed by atoms with E-state index in [-0.39, 0.29) is 24.0 Å². The molecular formula is C11H17NO4. The van der Waals surface area contributed by atoms with E-state index in [4.69, 9.17) is 4.74 Å². The molecule has 1 rings (SSSR count). The molecule has 0 spiro atoms. The van der Waals surface area contributed by atoms with E-state index < -0.39 is 6.09 Å². The summed E-state index contributed by atoms with van der Waals surface area (Å²) in [5.74, 6) is -0.106. The van der Waals surface area contributed by atoms with Gasteiger partial charge in [0.05, 0.1) is 13.2 Å². The minimum atomic E-state index is -0.443. The molecule has 5 heteroatoms. The molecule has 1 unspecified atom stereocenters. The molecule has 0 radical (unpaired) electrons. The maximum absolute atomic E-state index is 11.5. The Labute approximate surface area is 94.7 Å². The van der Waals surface area contributed by atoms with Gasteiger partial charge in [0.2, 0.25) is 0 Å². The molecule has 1 atom stereocenters. The molecular weight excluding hydrogens is 210 g/mol. The van der Waals surface area contributed by atoms with Gasteiger partial charge < -0.3 is 14.4 Å². The number of carbonyl (C=O) groups excluding carboxylic acids is 3. The first-order valence-corrected chi connectivity index (χ1v) is 5.48. The zero-order valence-electron chi connectivity index (χ0n) is 9.69. The average Bonchev–Trinajstić information content (AvgIpc) is 2.57. The summed E-state index contributed by atoms with van der Waals surface area (Å²) in [6.45, 7) is 4.03. The highest BCUT2D eigenvalue weighted by Crippen LogP contribution is 2.18. The number of Topliss-reactive ketones (excluding diaryl/α,β-unsaturated/α-hetero) is 2. The Morgan fingerprint density at radius 3 is 2.75 bits per heavy atom. The van der Waals surface area contributed by atoms with Gasteiger partial charge >= 0.3 is 6.09 Å². The van der Waals surface area contributed by atoms with Crippen LogP contribution in [-0.4, -0.2) is 42.3 Å². The van der Waals surface area contributed by atoms with Gasteiger partial charge in [0, 0.05) is 18.9 Å². The van der Waals surface area contributed by atoms with Crippen LogP contribution in [0, 0.1) is 5.92 Å². The number of likely N-dealkylation sites (tertiary alicyclic amines) is 1. The Morgan fingerprint density at radius 2 is 2.19 bits per heavy atom. The maximum atomic E-state index is 11.5. The van der Waals surface area contributed by atoms with Gasteiger partial charge in [-0.2, -0.15) is 0 Å². The second-order valence-corrected chi connectivity index (χ2v) is 3.98. The van der Waals surface area contributed by atoms with Gasteiger partial charge in [-0.05, 0) is 20.3 Å². The second kappa shape index (κ2) is 5.63. The molecule has 0 N–H and O–H groups in total. The quantitative estimate of drug-likeness (QED) is 0.719. The molecule has 1 aliphatic heterocycles. The molecule has 90 valence electrons. The zero-order chi connectivity index (χ0) is 12.1. The molecule has 5 nitrogen and oxygen atoms in total. The summed E-state index contributed by atoms with van der Waals surface area (Å²) in [6, 6.07) is 0. The zero-order valence-corrected chi connectivity index (χ0v) is 9.69. The van der Waals surface area contributed by atoms with E-state index in [1.165, 1.54) is 11.8 Å². The summed E-state index contributed by atoms with van der Waals surface area (Å²) in [7, 11) is 0. The van der Waals surface area contributed by atoms with Crippen molar-refractivity contribution in [3.8, 4) is 0 Å². The molecule has 0 saturated carbocycles. The van der Waals surface area contributed by atoms with Gasteiger partial charge in [-0.25, -0.2) is 4.79 Å². The Hall–Kier alpha value is -1.39. The smallest absolute Gasteiger partial charge is 0.410 e. The van der Waals surface area contributed by atoms with Crippen LogP contribution in [0.1, 0.15) is 26.7 Å². The lowest BCUT2D eigenvalue weighted by molar-refractivity contribution is -0.120. The van der Waals surface area contributed by atoms with E-state index in [1.54, 1.807) is 6.92 Å². The Balaban J connectivity index is 2.44. The molecule has 1 amide bonds. The van der Waals surface area contributed by atoms with Crippen LogP contribution >= 0.6 is 0 Å². The van der Waals surface area contributed by atoms with Crippen molar-refractivity contribution >= 4 is 17.7 Å². The van der Waals surface area contributed by atoms with Crippen molar-refractivity contribution in [2.45, 2.75) is 26.7 Å². The van der Waals surface area contributed by atoms with Gasteiger partial charge in [-0.3, -0.25) is 4.79 Å². The number of nitrogens with zero attached hydrogens (tertiary/aromatic N) is 1. The SMILES string of the molecule is CCOC(=O)N1CC(=O)C(CCC(C)=O)C1. The molecule has 0 aromatic carbocycles. The highest BCUT2D eigenvalue weighted by molar-refractivity contribution is 5.89. The predicted octanol–water partition coefficient (Wildman–Crippen LogP) is 1.01. The predicted molar refractivity (Wildman–Crippen MR) is 57.0 cm³/mol. The van der Waals surface area contributed by atoms with Crippen molar-refractivity contribution in [3.63, 3.8) is 0 Å². The highest BCUT2D eigenvalue weighted by atomic mass is 16.6.